The van der Waals surface area contributed by atoms with Crippen molar-refractivity contribution in [3.63, 3.8) is 0 Å². The molecule has 0 N–H and O–H groups in total. The second kappa shape index (κ2) is 12.1. The first kappa shape index (κ1) is 25.1. The van der Waals surface area contributed by atoms with Crippen LogP contribution in [0.2, 0.25) is 0 Å². The summed E-state index contributed by atoms with van der Waals surface area (Å²) < 4.78 is 11.4. The number of carbonyl (C=O) groups excluding carboxylic acids is 2. The summed E-state index contributed by atoms with van der Waals surface area (Å²) in [6, 6.07) is 20.2. The second-order valence-electron chi connectivity index (χ2n) is 8.53. The van der Waals surface area contributed by atoms with Crippen LogP contribution >= 0.6 is 23.5 Å². The molecule has 0 aromatic heterocycles. The number of rotatable bonds is 8. The van der Waals surface area contributed by atoms with Gasteiger partial charge in [0.1, 0.15) is 12.2 Å². The molecule has 4 atom stereocenters. The number of thioether (sulfide) groups is 2. The van der Waals surface area contributed by atoms with Crippen molar-refractivity contribution >= 4 is 35.5 Å². The maximum atomic E-state index is 12.8. The minimum atomic E-state index is -0.889. The number of hydrogen-bond acceptors (Lipinski definition) is 8. The molecular formula is C26H32N2O4S2. The minimum absolute atomic E-state index is 0.0718. The zero-order valence-electron chi connectivity index (χ0n) is 19.7. The topological polar surface area (TPSA) is 59.1 Å². The molecule has 2 fully saturated rings. The van der Waals surface area contributed by atoms with Gasteiger partial charge in [-0.15, -0.1) is 23.5 Å². The lowest BCUT2D eigenvalue weighted by Crippen LogP contribution is -2.36. The SMILES string of the molecule is CCN1CC(OC(=O)C(=O)OC2CN(CC)CC2Sc2ccccc2)C(Sc2ccccc2)C1. The van der Waals surface area contributed by atoms with Crippen molar-refractivity contribution in [2.75, 3.05) is 39.3 Å². The van der Waals surface area contributed by atoms with Crippen molar-refractivity contribution in [1.29, 1.82) is 0 Å². The van der Waals surface area contributed by atoms with Crippen LogP contribution in [-0.4, -0.2) is 83.7 Å². The maximum absolute atomic E-state index is 12.8. The fourth-order valence-electron chi connectivity index (χ4n) is 4.33. The largest absolute Gasteiger partial charge is 0.451 e. The Morgan fingerprint density at radius 1 is 0.706 bits per heavy atom. The Labute approximate surface area is 210 Å². The van der Waals surface area contributed by atoms with Crippen LogP contribution in [0.3, 0.4) is 0 Å². The number of nitrogens with zero attached hydrogens (tertiary/aromatic N) is 2. The molecule has 0 amide bonds. The Morgan fingerprint density at radius 3 is 1.44 bits per heavy atom. The number of likely N-dealkylation sites (tertiary alicyclic amines) is 2. The predicted molar refractivity (Wildman–Crippen MR) is 136 cm³/mol. The first-order valence-corrected chi connectivity index (χ1v) is 13.6. The highest BCUT2D eigenvalue weighted by molar-refractivity contribution is 8.00. The van der Waals surface area contributed by atoms with E-state index in [1.54, 1.807) is 23.5 Å². The third-order valence-corrected chi connectivity index (χ3v) is 8.82. The van der Waals surface area contributed by atoms with Gasteiger partial charge < -0.3 is 9.47 Å². The number of carbonyl (C=O) groups is 2. The van der Waals surface area contributed by atoms with Crippen LogP contribution in [0.1, 0.15) is 13.8 Å². The number of benzene rings is 2. The molecule has 182 valence electrons. The van der Waals surface area contributed by atoms with Crippen LogP contribution in [0.4, 0.5) is 0 Å². The summed E-state index contributed by atoms with van der Waals surface area (Å²) >= 11 is 3.38. The molecule has 2 aromatic rings. The molecule has 2 aliphatic heterocycles. The Morgan fingerprint density at radius 2 is 1.09 bits per heavy atom. The van der Waals surface area contributed by atoms with Gasteiger partial charge in [-0.05, 0) is 37.4 Å². The summed E-state index contributed by atoms with van der Waals surface area (Å²) in [6.45, 7) is 8.80. The van der Waals surface area contributed by atoms with Gasteiger partial charge >= 0.3 is 11.9 Å². The minimum Gasteiger partial charge on any atom is -0.451 e. The van der Waals surface area contributed by atoms with Crippen molar-refractivity contribution < 1.29 is 19.1 Å². The molecule has 2 heterocycles. The fraction of sp³-hybridized carbons (Fsp3) is 0.462. The van der Waals surface area contributed by atoms with E-state index in [0.717, 1.165) is 36.0 Å². The highest BCUT2D eigenvalue weighted by Gasteiger charge is 2.40. The molecule has 0 spiro atoms. The molecule has 8 heteroatoms. The summed E-state index contributed by atoms with van der Waals surface area (Å²) in [5.74, 6) is -1.78. The summed E-state index contributed by atoms with van der Waals surface area (Å²) in [4.78, 5) is 32.2. The van der Waals surface area contributed by atoms with Gasteiger partial charge in [-0.2, -0.15) is 0 Å². The standard InChI is InChI=1S/C26H32N2O4S2/c1-3-27-15-21(23(17-27)33-19-11-7-5-8-12-19)31-25(29)26(30)32-22-16-28(4-2)18-24(22)34-20-13-9-6-10-14-20/h5-14,21-24H,3-4,15-18H2,1-2H3. The zero-order valence-corrected chi connectivity index (χ0v) is 21.3. The van der Waals surface area contributed by atoms with Crippen molar-refractivity contribution in [2.24, 2.45) is 0 Å². The fourth-order valence-corrected chi connectivity index (χ4v) is 6.81. The Balaban J connectivity index is 1.36. The van der Waals surface area contributed by atoms with E-state index >= 15 is 0 Å². The molecule has 4 unspecified atom stereocenters. The summed E-state index contributed by atoms with van der Waals surface area (Å²) in [5.41, 5.74) is 0. The van der Waals surface area contributed by atoms with Crippen molar-refractivity contribution in [3.8, 4) is 0 Å². The van der Waals surface area contributed by atoms with Gasteiger partial charge in [0.2, 0.25) is 0 Å². The van der Waals surface area contributed by atoms with Gasteiger partial charge in [0.15, 0.2) is 0 Å². The van der Waals surface area contributed by atoms with Gasteiger partial charge in [0.05, 0.1) is 10.5 Å². The maximum Gasteiger partial charge on any atom is 0.417 e. The number of likely N-dealkylation sites (N-methyl/N-ethyl adjacent to an activating group) is 2. The molecular weight excluding hydrogens is 468 g/mol. The van der Waals surface area contributed by atoms with Crippen LogP contribution in [0.5, 0.6) is 0 Å². The third-order valence-electron chi connectivity index (χ3n) is 6.22. The second-order valence-corrected chi connectivity index (χ2v) is 11.2. The Bertz CT molecular complexity index is 869. The first-order valence-electron chi connectivity index (χ1n) is 11.9. The lowest BCUT2D eigenvalue weighted by Gasteiger charge is -2.21. The van der Waals surface area contributed by atoms with Gasteiger partial charge in [0.25, 0.3) is 0 Å². The van der Waals surface area contributed by atoms with Crippen molar-refractivity contribution in [3.05, 3.63) is 60.7 Å². The van der Waals surface area contributed by atoms with E-state index in [1.165, 1.54) is 0 Å². The van der Waals surface area contributed by atoms with E-state index in [0.29, 0.717) is 13.1 Å². The smallest absolute Gasteiger partial charge is 0.417 e. The normalized spacial score (nSPS) is 25.4. The van der Waals surface area contributed by atoms with Crippen LogP contribution in [0.15, 0.2) is 70.5 Å². The van der Waals surface area contributed by atoms with E-state index in [1.807, 2.05) is 36.4 Å². The van der Waals surface area contributed by atoms with Crippen molar-refractivity contribution in [1.82, 2.24) is 9.80 Å². The Kier molecular flexibility index (Phi) is 8.94. The molecule has 2 aliphatic rings. The van der Waals surface area contributed by atoms with Crippen LogP contribution in [0.25, 0.3) is 0 Å². The molecule has 0 aliphatic carbocycles. The number of esters is 2. The lowest BCUT2D eigenvalue weighted by atomic mass is 10.3. The van der Waals surface area contributed by atoms with Crippen molar-refractivity contribution in [2.45, 2.75) is 46.3 Å². The number of ether oxygens (including phenoxy) is 2. The summed E-state index contributed by atoms with van der Waals surface area (Å²) in [7, 11) is 0. The van der Waals surface area contributed by atoms with Gasteiger partial charge in [0, 0.05) is 36.0 Å². The van der Waals surface area contributed by atoms with E-state index in [4.69, 9.17) is 9.47 Å². The van der Waals surface area contributed by atoms with Crippen LogP contribution in [-0.2, 0) is 19.1 Å². The molecule has 34 heavy (non-hydrogen) atoms. The van der Waals surface area contributed by atoms with E-state index in [2.05, 4.69) is 47.9 Å². The summed E-state index contributed by atoms with van der Waals surface area (Å²) in [5, 5.41) is 0.144. The number of hydrogen-bond donors (Lipinski definition) is 0. The molecule has 0 saturated carbocycles. The molecule has 0 bridgehead atoms. The van der Waals surface area contributed by atoms with E-state index < -0.39 is 11.9 Å². The molecule has 0 radical (unpaired) electrons. The molecule has 2 aromatic carbocycles. The van der Waals surface area contributed by atoms with Gasteiger partial charge in [-0.3, -0.25) is 9.80 Å². The quantitative estimate of drug-likeness (QED) is 0.401. The lowest BCUT2D eigenvalue weighted by molar-refractivity contribution is -0.173. The van der Waals surface area contributed by atoms with E-state index in [-0.39, 0.29) is 22.7 Å². The zero-order chi connectivity index (χ0) is 23.9. The first-order chi connectivity index (χ1) is 16.6. The van der Waals surface area contributed by atoms with Gasteiger partial charge in [-0.25, -0.2) is 9.59 Å². The molecule has 6 nitrogen and oxygen atoms in total. The Hall–Kier alpha value is -2.00. The molecule has 4 rings (SSSR count). The monoisotopic (exact) mass is 500 g/mol. The summed E-state index contributed by atoms with van der Waals surface area (Å²) in [6.07, 6.45) is -0.703. The average molecular weight is 501 g/mol. The highest BCUT2D eigenvalue weighted by Crippen LogP contribution is 2.33. The van der Waals surface area contributed by atoms with E-state index in [9.17, 15) is 9.59 Å². The highest BCUT2D eigenvalue weighted by atomic mass is 32.2. The molecule has 2 saturated heterocycles. The van der Waals surface area contributed by atoms with Gasteiger partial charge in [-0.1, -0.05) is 50.2 Å². The van der Waals surface area contributed by atoms with Crippen LogP contribution < -0.4 is 0 Å². The third kappa shape index (κ3) is 6.56. The average Bonchev–Trinajstić information content (AvgIpc) is 3.43. The van der Waals surface area contributed by atoms with Crippen LogP contribution in [0, 0.1) is 0 Å². The predicted octanol–water partition coefficient (Wildman–Crippen LogP) is 3.80.